The summed E-state index contributed by atoms with van der Waals surface area (Å²) in [4.78, 5) is -0.111. The number of alkyl halides is 3. The average Bonchev–Trinajstić information content (AvgIpc) is 2.26. The molecular formula is C9H12F3N3O2S. The van der Waals surface area contributed by atoms with Gasteiger partial charge in [-0.1, -0.05) is 0 Å². The highest BCUT2D eigenvalue weighted by molar-refractivity contribution is 7.89. The first-order chi connectivity index (χ1) is 8.15. The zero-order chi connectivity index (χ0) is 14.0. The van der Waals surface area contributed by atoms with Crippen molar-refractivity contribution in [2.75, 3.05) is 24.6 Å². The molecule has 5 nitrogen and oxygen atoms in total. The molecule has 0 heterocycles. The predicted octanol–water partition coefficient (Wildman–Crippen LogP) is 1.15. The molecule has 18 heavy (non-hydrogen) atoms. The van der Waals surface area contributed by atoms with Crippen LogP contribution >= 0.6 is 0 Å². The number of halogens is 3. The third-order valence-electron chi connectivity index (χ3n) is 2.08. The van der Waals surface area contributed by atoms with Crippen molar-refractivity contribution in [2.45, 2.75) is 11.1 Å². The Morgan fingerprint density at radius 2 is 1.94 bits per heavy atom. The van der Waals surface area contributed by atoms with E-state index in [-0.39, 0.29) is 16.3 Å². The minimum atomic E-state index is -4.37. The van der Waals surface area contributed by atoms with Crippen LogP contribution in [0.5, 0.6) is 0 Å². The van der Waals surface area contributed by atoms with Crippen molar-refractivity contribution in [1.29, 1.82) is 0 Å². The molecule has 102 valence electrons. The number of hydrogen-bond acceptors (Lipinski definition) is 4. The van der Waals surface area contributed by atoms with Gasteiger partial charge in [-0.25, -0.2) is 13.1 Å². The summed E-state index contributed by atoms with van der Waals surface area (Å²) in [6, 6.07) is 3.44. The molecule has 0 aliphatic heterocycles. The quantitative estimate of drug-likeness (QED) is 0.724. The van der Waals surface area contributed by atoms with Gasteiger partial charge in [0.15, 0.2) is 0 Å². The third kappa shape index (κ3) is 3.77. The molecule has 0 radical (unpaired) electrons. The van der Waals surface area contributed by atoms with Crippen LogP contribution in [0, 0.1) is 0 Å². The number of nitrogens with one attached hydrogen (secondary N) is 2. The third-order valence-corrected chi connectivity index (χ3v) is 3.49. The molecule has 9 heteroatoms. The first kappa shape index (κ1) is 14.6. The number of nitrogen functional groups attached to an aromatic ring is 1. The summed E-state index contributed by atoms with van der Waals surface area (Å²) in [7, 11) is -2.44. The average molecular weight is 283 g/mol. The Balaban J connectivity index is 2.94. The van der Waals surface area contributed by atoms with Crippen LogP contribution in [0.4, 0.5) is 24.5 Å². The summed E-state index contributed by atoms with van der Waals surface area (Å²) in [5, 5.41) is 2.08. The second kappa shape index (κ2) is 5.02. The van der Waals surface area contributed by atoms with E-state index < -0.39 is 22.7 Å². The molecule has 0 aromatic heterocycles. The Labute approximate surface area is 102 Å². The molecule has 0 aliphatic carbocycles. The van der Waals surface area contributed by atoms with E-state index in [0.717, 1.165) is 6.07 Å². The fraction of sp³-hybridized carbons (Fsp3) is 0.333. The van der Waals surface area contributed by atoms with Crippen molar-refractivity contribution in [2.24, 2.45) is 0 Å². The van der Waals surface area contributed by atoms with Crippen LogP contribution in [0.25, 0.3) is 0 Å². The van der Waals surface area contributed by atoms with E-state index >= 15 is 0 Å². The number of anilines is 2. The maximum Gasteiger partial charge on any atom is 0.405 e. The monoisotopic (exact) mass is 283 g/mol. The Morgan fingerprint density at radius 3 is 2.39 bits per heavy atom. The van der Waals surface area contributed by atoms with Gasteiger partial charge < -0.3 is 11.1 Å². The van der Waals surface area contributed by atoms with Crippen LogP contribution in [0.2, 0.25) is 0 Å². The number of sulfonamides is 1. The van der Waals surface area contributed by atoms with Gasteiger partial charge in [-0.3, -0.25) is 0 Å². The molecule has 1 aromatic rings. The van der Waals surface area contributed by atoms with E-state index in [9.17, 15) is 21.6 Å². The number of rotatable bonds is 4. The van der Waals surface area contributed by atoms with Crippen molar-refractivity contribution in [3.8, 4) is 0 Å². The molecule has 0 amide bonds. The van der Waals surface area contributed by atoms with Crippen LogP contribution in [-0.2, 0) is 10.0 Å². The molecule has 0 spiro atoms. The molecule has 0 atom stereocenters. The minimum absolute atomic E-state index is 0.0300. The van der Waals surface area contributed by atoms with E-state index in [0.29, 0.717) is 0 Å². The number of nitrogens with two attached hydrogens (primary N) is 1. The van der Waals surface area contributed by atoms with Crippen LogP contribution in [0.1, 0.15) is 0 Å². The smallest absolute Gasteiger partial charge is 0.397 e. The van der Waals surface area contributed by atoms with Crippen molar-refractivity contribution >= 4 is 21.4 Å². The van der Waals surface area contributed by atoms with Crippen molar-refractivity contribution in [1.82, 2.24) is 4.72 Å². The van der Waals surface area contributed by atoms with Crippen molar-refractivity contribution in [3.05, 3.63) is 18.2 Å². The van der Waals surface area contributed by atoms with Gasteiger partial charge >= 0.3 is 6.18 Å². The van der Waals surface area contributed by atoms with E-state index in [1.807, 2.05) is 0 Å². The highest BCUT2D eigenvalue weighted by atomic mass is 32.2. The van der Waals surface area contributed by atoms with Crippen LogP contribution in [0.15, 0.2) is 23.1 Å². The first-order valence-electron chi connectivity index (χ1n) is 4.79. The van der Waals surface area contributed by atoms with Gasteiger partial charge in [0.1, 0.15) is 6.54 Å². The normalized spacial score (nSPS) is 12.4. The Bertz CT molecular complexity index is 528. The van der Waals surface area contributed by atoms with Gasteiger partial charge in [0, 0.05) is 0 Å². The topological polar surface area (TPSA) is 84.2 Å². The molecule has 1 aromatic carbocycles. The first-order valence-corrected chi connectivity index (χ1v) is 6.28. The van der Waals surface area contributed by atoms with Gasteiger partial charge in [-0.05, 0) is 25.2 Å². The van der Waals surface area contributed by atoms with Crippen LogP contribution < -0.4 is 15.8 Å². The molecule has 0 fully saturated rings. The number of hydrogen-bond donors (Lipinski definition) is 3. The maximum atomic E-state index is 12.0. The zero-order valence-corrected chi connectivity index (χ0v) is 10.2. The molecule has 1 rings (SSSR count). The van der Waals surface area contributed by atoms with E-state index in [4.69, 9.17) is 5.73 Å². The molecule has 0 bridgehead atoms. The summed E-state index contributed by atoms with van der Waals surface area (Å²) in [5.74, 6) is 0. The van der Waals surface area contributed by atoms with E-state index in [2.05, 4.69) is 10.0 Å². The molecular weight excluding hydrogens is 271 g/mol. The van der Waals surface area contributed by atoms with Crippen LogP contribution in [0.3, 0.4) is 0 Å². The molecule has 0 aliphatic rings. The van der Waals surface area contributed by atoms with E-state index in [1.54, 1.807) is 0 Å². The van der Waals surface area contributed by atoms with Crippen molar-refractivity contribution < 1.29 is 21.6 Å². The van der Waals surface area contributed by atoms with Crippen molar-refractivity contribution in [3.63, 3.8) is 0 Å². The molecule has 0 saturated carbocycles. The largest absolute Gasteiger partial charge is 0.405 e. The highest BCUT2D eigenvalue weighted by Gasteiger charge is 2.27. The lowest BCUT2D eigenvalue weighted by Gasteiger charge is -2.12. The molecule has 4 N–H and O–H groups in total. The van der Waals surface area contributed by atoms with Gasteiger partial charge in [0.05, 0.1) is 16.3 Å². The highest BCUT2D eigenvalue weighted by Crippen LogP contribution is 2.24. The zero-order valence-electron chi connectivity index (χ0n) is 9.38. The summed E-state index contributed by atoms with van der Waals surface area (Å²) in [5.41, 5.74) is 5.44. The van der Waals surface area contributed by atoms with E-state index in [1.165, 1.54) is 19.2 Å². The van der Waals surface area contributed by atoms with Gasteiger partial charge in [-0.2, -0.15) is 13.2 Å². The van der Waals surface area contributed by atoms with Gasteiger partial charge in [0.2, 0.25) is 10.0 Å². The summed E-state index contributed by atoms with van der Waals surface area (Å²) in [6.07, 6.45) is -4.37. The molecule has 0 unspecified atom stereocenters. The predicted molar refractivity (Wildman–Crippen MR) is 61.6 cm³/mol. The fourth-order valence-corrected chi connectivity index (χ4v) is 1.95. The SMILES string of the molecule is CNS(=O)(=O)c1ccc(NCC(F)(F)F)c(N)c1. The Hall–Kier alpha value is -1.48. The van der Waals surface area contributed by atoms with Crippen LogP contribution in [-0.4, -0.2) is 28.2 Å². The second-order valence-electron chi connectivity index (χ2n) is 3.43. The maximum absolute atomic E-state index is 12.0. The Kier molecular flexibility index (Phi) is 4.07. The summed E-state index contributed by atoms with van der Waals surface area (Å²) >= 11 is 0. The standard InChI is InChI=1S/C9H12F3N3O2S/c1-14-18(16,17)6-2-3-8(7(13)4-6)15-5-9(10,11)12/h2-4,14-15H,5,13H2,1H3. The Morgan fingerprint density at radius 1 is 1.33 bits per heavy atom. The lowest BCUT2D eigenvalue weighted by atomic mass is 10.2. The lowest BCUT2D eigenvalue weighted by molar-refractivity contribution is -0.115. The summed E-state index contributed by atoms with van der Waals surface area (Å²) in [6.45, 7) is -1.24. The summed E-state index contributed by atoms with van der Waals surface area (Å²) < 4.78 is 60.9. The molecule has 0 saturated heterocycles. The number of benzene rings is 1. The van der Waals surface area contributed by atoms with Gasteiger partial charge in [-0.15, -0.1) is 0 Å². The van der Waals surface area contributed by atoms with Gasteiger partial charge in [0.25, 0.3) is 0 Å². The second-order valence-corrected chi connectivity index (χ2v) is 5.31. The lowest BCUT2D eigenvalue weighted by Crippen LogP contribution is -2.22. The minimum Gasteiger partial charge on any atom is -0.397 e. The fourth-order valence-electron chi connectivity index (χ4n) is 1.18.